The topological polar surface area (TPSA) is 49.3 Å². The molecule has 1 aromatic rings. The fourth-order valence-corrected chi connectivity index (χ4v) is 2.69. The number of rotatable bonds is 4. The summed E-state index contributed by atoms with van der Waals surface area (Å²) < 4.78 is 0. The molecule has 1 amide bonds. The first-order chi connectivity index (χ1) is 8.52. The summed E-state index contributed by atoms with van der Waals surface area (Å²) in [6, 6.07) is 3.59. The van der Waals surface area contributed by atoms with Crippen LogP contribution in [0.4, 0.5) is 5.69 Å². The molecule has 0 bridgehead atoms. The molecule has 4 heteroatoms. The molecule has 0 saturated carbocycles. The third-order valence-corrected chi connectivity index (χ3v) is 3.78. The Morgan fingerprint density at radius 1 is 1.50 bits per heavy atom. The number of fused-ring (bicyclic) bond motifs is 1. The van der Waals surface area contributed by atoms with Crippen molar-refractivity contribution in [1.82, 2.24) is 0 Å². The maximum atomic E-state index is 11.3. The Morgan fingerprint density at radius 3 is 2.89 bits per heavy atom. The van der Waals surface area contributed by atoms with Gasteiger partial charge in [0.2, 0.25) is 5.91 Å². The number of carbonyl (C=O) groups excluding carboxylic acids is 1. The van der Waals surface area contributed by atoms with Crippen LogP contribution in [0.25, 0.3) is 0 Å². The van der Waals surface area contributed by atoms with E-state index in [1.54, 1.807) is 6.07 Å². The number of benzene rings is 1. The lowest BCUT2D eigenvalue weighted by Gasteiger charge is -2.20. The van der Waals surface area contributed by atoms with Gasteiger partial charge in [0.1, 0.15) is 0 Å². The smallest absolute Gasteiger partial charge is 0.228 e. The van der Waals surface area contributed by atoms with E-state index in [-0.39, 0.29) is 11.8 Å². The maximum absolute atomic E-state index is 11.3. The summed E-state index contributed by atoms with van der Waals surface area (Å²) in [6.07, 6.45) is 1.78. The third-order valence-electron chi connectivity index (χ3n) is 3.45. The van der Waals surface area contributed by atoms with Crippen molar-refractivity contribution in [3.8, 4) is 0 Å². The number of anilines is 1. The second-order valence-electron chi connectivity index (χ2n) is 4.97. The molecular formula is C14H18ClNO2. The van der Waals surface area contributed by atoms with Crippen LogP contribution in [-0.2, 0) is 11.2 Å². The summed E-state index contributed by atoms with van der Waals surface area (Å²) in [5.41, 5.74) is 2.42. The van der Waals surface area contributed by atoms with Gasteiger partial charge in [-0.25, -0.2) is 0 Å². The minimum Gasteiger partial charge on any atom is -0.388 e. The number of aliphatic hydroxyl groups is 1. The minimum atomic E-state index is -0.571. The Bertz CT molecular complexity index is 473. The van der Waals surface area contributed by atoms with E-state index in [9.17, 15) is 9.90 Å². The zero-order chi connectivity index (χ0) is 13.3. The molecule has 1 aliphatic rings. The lowest BCUT2D eigenvalue weighted by atomic mass is 9.92. The van der Waals surface area contributed by atoms with E-state index >= 15 is 0 Å². The highest BCUT2D eigenvalue weighted by Gasteiger charge is 2.24. The molecule has 0 aromatic heterocycles. The van der Waals surface area contributed by atoms with Gasteiger partial charge in [0.25, 0.3) is 0 Å². The van der Waals surface area contributed by atoms with E-state index in [4.69, 9.17) is 11.6 Å². The van der Waals surface area contributed by atoms with E-state index in [1.165, 1.54) is 0 Å². The van der Waals surface area contributed by atoms with Gasteiger partial charge in [-0.05, 0) is 35.6 Å². The number of amides is 1. The lowest BCUT2D eigenvalue weighted by Crippen LogP contribution is -2.10. The second kappa shape index (κ2) is 5.29. The normalized spacial score (nSPS) is 17.2. The molecule has 0 aliphatic carbocycles. The Hall–Kier alpha value is -1.06. The van der Waals surface area contributed by atoms with Crippen molar-refractivity contribution in [1.29, 1.82) is 0 Å². The molecule has 0 saturated heterocycles. The predicted octanol–water partition coefficient (Wildman–Crippen LogP) is 3.30. The maximum Gasteiger partial charge on any atom is 0.228 e. The SMILES string of the molecule is CCCC(C)C(O)c1cc2c(cc1Cl)NC(=O)C2. The van der Waals surface area contributed by atoms with Crippen LogP contribution < -0.4 is 5.32 Å². The van der Waals surface area contributed by atoms with E-state index in [1.807, 2.05) is 13.0 Å². The Morgan fingerprint density at radius 2 is 2.22 bits per heavy atom. The van der Waals surface area contributed by atoms with Crippen LogP contribution in [-0.4, -0.2) is 11.0 Å². The van der Waals surface area contributed by atoms with Crippen LogP contribution in [0.2, 0.25) is 5.02 Å². The molecule has 18 heavy (non-hydrogen) atoms. The minimum absolute atomic E-state index is 0.0192. The second-order valence-corrected chi connectivity index (χ2v) is 5.37. The number of nitrogens with one attached hydrogen (secondary N) is 1. The van der Waals surface area contributed by atoms with Crippen molar-refractivity contribution in [2.75, 3.05) is 5.32 Å². The zero-order valence-electron chi connectivity index (χ0n) is 10.7. The van der Waals surface area contributed by atoms with Crippen molar-refractivity contribution in [2.45, 2.75) is 39.2 Å². The van der Waals surface area contributed by atoms with Gasteiger partial charge in [0.15, 0.2) is 0 Å². The first-order valence-electron chi connectivity index (χ1n) is 6.33. The summed E-state index contributed by atoms with van der Waals surface area (Å²) in [6.45, 7) is 4.11. The van der Waals surface area contributed by atoms with Crippen LogP contribution in [0.15, 0.2) is 12.1 Å². The largest absolute Gasteiger partial charge is 0.388 e. The van der Waals surface area contributed by atoms with Gasteiger partial charge in [0, 0.05) is 10.7 Å². The van der Waals surface area contributed by atoms with Crippen molar-refractivity contribution in [3.05, 3.63) is 28.3 Å². The molecule has 1 heterocycles. The van der Waals surface area contributed by atoms with Gasteiger partial charge in [-0.15, -0.1) is 0 Å². The summed E-state index contributed by atoms with van der Waals surface area (Å²) in [7, 11) is 0. The predicted molar refractivity (Wildman–Crippen MR) is 72.8 cm³/mol. The Balaban J connectivity index is 2.29. The molecule has 0 spiro atoms. The molecule has 3 nitrogen and oxygen atoms in total. The van der Waals surface area contributed by atoms with Crippen molar-refractivity contribution in [2.24, 2.45) is 5.92 Å². The molecule has 98 valence electrons. The van der Waals surface area contributed by atoms with Crippen LogP contribution in [0.1, 0.15) is 43.9 Å². The number of carbonyl (C=O) groups is 1. The number of hydrogen-bond acceptors (Lipinski definition) is 2. The lowest BCUT2D eigenvalue weighted by molar-refractivity contribution is -0.115. The molecule has 0 radical (unpaired) electrons. The summed E-state index contributed by atoms with van der Waals surface area (Å²) >= 11 is 6.18. The van der Waals surface area contributed by atoms with Crippen molar-refractivity contribution in [3.63, 3.8) is 0 Å². The molecule has 2 rings (SSSR count). The quantitative estimate of drug-likeness (QED) is 0.879. The average molecular weight is 268 g/mol. The van der Waals surface area contributed by atoms with Gasteiger partial charge >= 0.3 is 0 Å². The Labute approximate surface area is 112 Å². The number of halogens is 1. The van der Waals surface area contributed by atoms with E-state index in [0.29, 0.717) is 11.4 Å². The highest BCUT2D eigenvalue weighted by molar-refractivity contribution is 6.32. The molecular weight excluding hydrogens is 250 g/mol. The van der Waals surface area contributed by atoms with Crippen molar-refractivity contribution < 1.29 is 9.90 Å². The van der Waals surface area contributed by atoms with Gasteiger partial charge in [0.05, 0.1) is 12.5 Å². The zero-order valence-corrected chi connectivity index (χ0v) is 11.4. The highest BCUT2D eigenvalue weighted by atomic mass is 35.5. The van der Waals surface area contributed by atoms with Crippen LogP contribution >= 0.6 is 11.6 Å². The van der Waals surface area contributed by atoms with Gasteiger partial charge < -0.3 is 10.4 Å². The monoisotopic (exact) mass is 267 g/mol. The third kappa shape index (κ3) is 2.52. The Kier molecular flexibility index (Phi) is 3.93. The van der Waals surface area contributed by atoms with Crippen molar-refractivity contribution >= 4 is 23.2 Å². The molecule has 2 N–H and O–H groups in total. The van der Waals surface area contributed by atoms with Crippen LogP contribution in [0.3, 0.4) is 0 Å². The fourth-order valence-electron chi connectivity index (χ4n) is 2.41. The average Bonchev–Trinajstić information content (AvgIpc) is 2.66. The van der Waals surface area contributed by atoms with Gasteiger partial charge in [-0.1, -0.05) is 31.9 Å². The number of hydrogen-bond donors (Lipinski definition) is 2. The number of aliphatic hydroxyl groups excluding tert-OH is 1. The van der Waals surface area contributed by atoms with E-state index in [2.05, 4.69) is 12.2 Å². The highest BCUT2D eigenvalue weighted by Crippen LogP contribution is 2.36. The van der Waals surface area contributed by atoms with E-state index < -0.39 is 6.10 Å². The fraction of sp³-hybridized carbons (Fsp3) is 0.500. The molecule has 0 fully saturated rings. The van der Waals surface area contributed by atoms with Crippen LogP contribution in [0, 0.1) is 5.92 Å². The summed E-state index contributed by atoms with van der Waals surface area (Å²) in [5, 5.41) is 13.6. The standard InChI is InChI=1S/C14H18ClNO2/c1-3-4-8(2)14(18)10-5-9-6-13(17)16-12(9)7-11(10)15/h5,7-8,14,18H,3-4,6H2,1-2H3,(H,16,17). The first kappa shape index (κ1) is 13.4. The first-order valence-corrected chi connectivity index (χ1v) is 6.71. The molecule has 2 unspecified atom stereocenters. The molecule has 1 aromatic carbocycles. The van der Waals surface area contributed by atoms with E-state index in [0.717, 1.165) is 29.7 Å². The van der Waals surface area contributed by atoms with Gasteiger partial charge in [-0.2, -0.15) is 0 Å². The van der Waals surface area contributed by atoms with Gasteiger partial charge in [-0.3, -0.25) is 4.79 Å². The molecule has 2 atom stereocenters. The van der Waals surface area contributed by atoms with Crippen LogP contribution in [0.5, 0.6) is 0 Å². The molecule has 1 aliphatic heterocycles. The summed E-state index contributed by atoms with van der Waals surface area (Å²) in [5.74, 6) is 0.143. The summed E-state index contributed by atoms with van der Waals surface area (Å²) in [4.78, 5) is 11.3.